The molecule has 23 heavy (non-hydrogen) atoms. The van der Waals surface area contributed by atoms with Gasteiger partial charge in [-0.05, 0) is 17.9 Å². The first-order valence-electron chi connectivity index (χ1n) is 7.15. The third-order valence-corrected chi connectivity index (χ3v) is 5.55. The number of thiazole rings is 1. The minimum atomic E-state index is -0.940. The molecule has 1 saturated heterocycles. The molecule has 6 nitrogen and oxygen atoms in total. The van der Waals surface area contributed by atoms with Gasteiger partial charge < -0.3 is 15.2 Å². The Bertz CT molecular complexity index is 690. The van der Waals surface area contributed by atoms with Gasteiger partial charge in [-0.25, -0.2) is 4.98 Å². The fourth-order valence-corrected chi connectivity index (χ4v) is 4.22. The highest BCUT2D eigenvalue weighted by Crippen LogP contribution is 2.28. The van der Waals surface area contributed by atoms with Gasteiger partial charge in [-0.15, -0.1) is 22.7 Å². The molecule has 3 rings (SSSR count). The molecule has 0 aromatic carbocycles. The van der Waals surface area contributed by atoms with E-state index >= 15 is 0 Å². The Morgan fingerprint density at radius 1 is 1.43 bits per heavy atom. The van der Waals surface area contributed by atoms with E-state index in [1.807, 2.05) is 22.9 Å². The molecule has 0 radical (unpaired) electrons. The van der Waals surface area contributed by atoms with Crippen molar-refractivity contribution >= 4 is 34.6 Å². The number of aromatic nitrogens is 1. The maximum atomic E-state index is 12.3. The van der Waals surface area contributed by atoms with E-state index in [-0.39, 0.29) is 25.4 Å². The molecule has 2 N–H and O–H groups in total. The van der Waals surface area contributed by atoms with Crippen molar-refractivity contribution in [3.8, 4) is 9.88 Å². The fourth-order valence-electron chi connectivity index (χ4n) is 2.58. The molecule has 0 bridgehead atoms. The van der Waals surface area contributed by atoms with Crippen LogP contribution >= 0.6 is 22.7 Å². The molecule has 1 atom stereocenters. The Labute approximate surface area is 141 Å². The van der Waals surface area contributed by atoms with Crippen LogP contribution in [0.1, 0.15) is 18.5 Å². The number of aliphatic carboxylic acids is 1. The van der Waals surface area contributed by atoms with Crippen LogP contribution in [0.15, 0.2) is 22.9 Å². The average molecular weight is 352 g/mol. The van der Waals surface area contributed by atoms with E-state index in [1.165, 1.54) is 11.3 Å². The van der Waals surface area contributed by atoms with Gasteiger partial charge in [0.2, 0.25) is 5.91 Å². The molecule has 0 saturated carbocycles. The molecule has 1 fully saturated rings. The van der Waals surface area contributed by atoms with Gasteiger partial charge in [0, 0.05) is 12.0 Å². The maximum absolute atomic E-state index is 12.3. The van der Waals surface area contributed by atoms with Crippen molar-refractivity contribution in [3.05, 3.63) is 28.6 Å². The lowest BCUT2D eigenvalue weighted by Crippen LogP contribution is -2.51. The van der Waals surface area contributed by atoms with Gasteiger partial charge in [0.1, 0.15) is 5.01 Å². The molecule has 1 amide bonds. The van der Waals surface area contributed by atoms with Gasteiger partial charge >= 0.3 is 5.97 Å². The summed E-state index contributed by atoms with van der Waals surface area (Å²) in [5.74, 6) is -1.16. The molecule has 3 heterocycles. The van der Waals surface area contributed by atoms with Gasteiger partial charge in [-0.2, -0.15) is 0 Å². The first-order chi connectivity index (χ1) is 11.1. The zero-order chi connectivity index (χ0) is 16.3. The lowest BCUT2D eigenvalue weighted by Gasteiger charge is -2.26. The van der Waals surface area contributed by atoms with E-state index in [1.54, 1.807) is 11.3 Å². The second-order valence-electron chi connectivity index (χ2n) is 5.50. The predicted octanol–water partition coefficient (Wildman–Crippen LogP) is 2.16. The minimum Gasteiger partial charge on any atom is -0.481 e. The summed E-state index contributed by atoms with van der Waals surface area (Å²) in [4.78, 5) is 28.8. The van der Waals surface area contributed by atoms with Crippen LogP contribution in [0.2, 0.25) is 0 Å². The number of amides is 1. The standard InChI is InChI=1S/C15H16N2O4S2/c18-12(17-15(7-13(19)20)3-4-21-9-15)6-10-8-23-14(16-10)11-2-1-5-22-11/h1-2,5,8H,3-4,6-7,9H2,(H,17,18)(H,19,20). The molecule has 122 valence electrons. The summed E-state index contributed by atoms with van der Waals surface area (Å²) < 4.78 is 5.28. The number of carbonyl (C=O) groups excluding carboxylic acids is 1. The van der Waals surface area contributed by atoms with Gasteiger partial charge in [-0.3, -0.25) is 9.59 Å². The number of hydrogen-bond acceptors (Lipinski definition) is 6. The Kier molecular flexibility index (Phi) is 4.74. The molecule has 1 aliphatic heterocycles. The van der Waals surface area contributed by atoms with E-state index in [2.05, 4.69) is 10.3 Å². The number of ether oxygens (including phenoxy) is 1. The van der Waals surface area contributed by atoms with Crippen LogP contribution in [-0.4, -0.2) is 40.7 Å². The zero-order valence-electron chi connectivity index (χ0n) is 12.3. The first kappa shape index (κ1) is 16.1. The average Bonchev–Trinajstić information content (AvgIpc) is 3.18. The second kappa shape index (κ2) is 6.77. The molecule has 0 aliphatic carbocycles. The highest BCUT2D eigenvalue weighted by Gasteiger charge is 2.38. The van der Waals surface area contributed by atoms with Crippen molar-refractivity contribution in [2.24, 2.45) is 0 Å². The van der Waals surface area contributed by atoms with Crippen LogP contribution < -0.4 is 5.32 Å². The number of nitrogens with one attached hydrogen (secondary N) is 1. The van der Waals surface area contributed by atoms with E-state index < -0.39 is 11.5 Å². The molecular formula is C15H16N2O4S2. The van der Waals surface area contributed by atoms with Crippen LogP contribution in [0.25, 0.3) is 9.88 Å². The summed E-state index contributed by atoms with van der Waals surface area (Å²) in [6, 6.07) is 3.95. The molecular weight excluding hydrogens is 336 g/mol. The van der Waals surface area contributed by atoms with Gasteiger partial charge in [-0.1, -0.05) is 6.07 Å². The quantitative estimate of drug-likeness (QED) is 0.832. The number of carbonyl (C=O) groups is 2. The Morgan fingerprint density at radius 3 is 2.96 bits per heavy atom. The van der Waals surface area contributed by atoms with Gasteiger partial charge in [0.15, 0.2) is 0 Å². The molecule has 1 aliphatic rings. The lowest BCUT2D eigenvalue weighted by molar-refractivity contribution is -0.139. The van der Waals surface area contributed by atoms with Crippen LogP contribution in [-0.2, 0) is 20.7 Å². The number of thiophene rings is 1. The first-order valence-corrected chi connectivity index (χ1v) is 8.91. The SMILES string of the molecule is O=C(O)CC1(NC(=O)Cc2csc(-c3cccs3)n2)CCOC1. The van der Waals surface area contributed by atoms with E-state index in [9.17, 15) is 9.59 Å². The van der Waals surface area contributed by atoms with E-state index in [0.29, 0.717) is 18.7 Å². The van der Waals surface area contributed by atoms with Crippen molar-refractivity contribution in [2.45, 2.75) is 24.8 Å². The third-order valence-electron chi connectivity index (χ3n) is 3.62. The van der Waals surface area contributed by atoms with E-state index in [4.69, 9.17) is 9.84 Å². The molecule has 2 aromatic rings. The minimum absolute atomic E-state index is 0.129. The summed E-state index contributed by atoms with van der Waals surface area (Å²) in [6.07, 6.45) is 0.530. The lowest BCUT2D eigenvalue weighted by atomic mass is 9.94. The number of rotatable bonds is 6. The summed E-state index contributed by atoms with van der Waals surface area (Å²) in [5.41, 5.74) is -0.101. The van der Waals surface area contributed by atoms with Crippen molar-refractivity contribution in [3.63, 3.8) is 0 Å². The summed E-state index contributed by atoms with van der Waals surface area (Å²) in [6.45, 7) is 0.704. The highest BCUT2D eigenvalue weighted by molar-refractivity contribution is 7.20. The normalized spacial score (nSPS) is 20.5. The Balaban J connectivity index is 1.63. The predicted molar refractivity (Wildman–Crippen MR) is 87.7 cm³/mol. The number of hydrogen-bond donors (Lipinski definition) is 2. The third kappa shape index (κ3) is 3.95. The van der Waals surface area contributed by atoms with Crippen molar-refractivity contribution in [1.29, 1.82) is 0 Å². The number of carboxylic acids is 1. The number of nitrogens with zero attached hydrogens (tertiary/aromatic N) is 1. The monoisotopic (exact) mass is 352 g/mol. The molecule has 8 heteroatoms. The van der Waals surface area contributed by atoms with Crippen molar-refractivity contribution in [1.82, 2.24) is 10.3 Å². The van der Waals surface area contributed by atoms with Crippen LogP contribution in [0.5, 0.6) is 0 Å². The maximum Gasteiger partial charge on any atom is 0.305 e. The van der Waals surface area contributed by atoms with E-state index in [0.717, 1.165) is 9.88 Å². The summed E-state index contributed by atoms with van der Waals surface area (Å²) >= 11 is 3.11. The number of carboxylic acid groups (broad SMARTS) is 1. The highest BCUT2D eigenvalue weighted by atomic mass is 32.1. The van der Waals surface area contributed by atoms with Crippen molar-refractivity contribution < 1.29 is 19.4 Å². The van der Waals surface area contributed by atoms with Crippen LogP contribution in [0, 0.1) is 0 Å². The Morgan fingerprint density at radius 2 is 2.30 bits per heavy atom. The molecule has 1 unspecified atom stereocenters. The fraction of sp³-hybridized carbons (Fsp3) is 0.400. The second-order valence-corrected chi connectivity index (χ2v) is 7.31. The summed E-state index contributed by atoms with van der Waals surface area (Å²) in [7, 11) is 0. The van der Waals surface area contributed by atoms with Gasteiger partial charge in [0.25, 0.3) is 0 Å². The largest absolute Gasteiger partial charge is 0.481 e. The zero-order valence-corrected chi connectivity index (χ0v) is 13.9. The smallest absolute Gasteiger partial charge is 0.305 e. The van der Waals surface area contributed by atoms with Gasteiger partial charge in [0.05, 0.1) is 35.6 Å². The topological polar surface area (TPSA) is 88.5 Å². The van der Waals surface area contributed by atoms with Crippen LogP contribution in [0.4, 0.5) is 0 Å². The van der Waals surface area contributed by atoms with Crippen LogP contribution in [0.3, 0.4) is 0 Å². The summed E-state index contributed by atoms with van der Waals surface area (Å²) in [5, 5.41) is 16.6. The molecule has 0 spiro atoms. The Hall–Kier alpha value is -1.77. The molecule has 2 aromatic heterocycles. The van der Waals surface area contributed by atoms with Crippen molar-refractivity contribution in [2.75, 3.05) is 13.2 Å².